The molecule has 1 aromatic rings. The summed E-state index contributed by atoms with van der Waals surface area (Å²) < 4.78 is 22.6. The highest BCUT2D eigenvalue weighted by Crippen LogP contribution is 3.04. The monoisotopic (exact) mass is 370 g/mol. The Bertz CT molecular complexity index is 814. The summed E-state index contributed by atoms with van der Waals surface area (Å²) in [5, 5.41) is 9.76. The lowest BCUT2D eigenvalue weighted by molar-refractivity contribution is -0.0209. The minimum absolute atomic E-state index is 0.222. The quantitative estimate of drug-likeness (QED) is 0.805. The first-order chi connectivity index (χ1) is 13.1. The van der Waals surface area contributed by atoms with Gasteiger partial charge in [0.25, 0.3) is 0 Å². The van der Waals surface area contributed by atoms with Crippen molar-refractivity contribution in [2.24, 2.45) is 35.0 Å². The lowest BCUT2D eigenvalue weighted by Crippen LogP contribution is -2.34. The summed E-state index contributed by atoms with van der Waals surface area (Å²) >= 11 is 0. The Kier molecular flexibility index (Phi) is 2.65. The highest BCUT2D eigenvalue weighted by molar-refractivity contribution is 5.89. The second-order valence-electron chi connectivity index (χ2n) is 9.18. The third kappa shape index (κ3) is 1.80. The summed E-state index contributed by atoms with van der Waals surface area (Å²) in [4.78, 5) is 12.4. The van der Waals surface area contributed by atoms with E-state index in [1.54, 1.807) is 12.1 Å². The van der Waals surface area contributed by atoms with Crippen molar-refractivity contribution in [1.29, 1.82) is 0 Å². The SMILES string of the molecule is CC1C2C1C21C2C(Oc3ccc(C(=O)O[C@@H]4CO[C@H]5[C@@H]4OC[C@@H]5O)cc3)C21. The molecule has 0 bridgehead atoms. The smallest absolute Gasteiger partial charge is 0.338 e. The van der Waals surface area contributed by atoms with E-state index >= 15 is 0 Å². The number of rotatable bonds is 4. The fourth-order valence-corrected chi connectivity index (χ4v) is 6.57. The normalized spacial score (nSPS) is 54.7. The maximum absolute atomic E-state index is 12.4. The molecule has 1 spiro atoms. The number of aliphatic hydroxyl groups is 1. The summed E-state index contributed by atoms with van der Waals surface area (Å²) in [6, 6.07) is 7.19. The predicted octanol–water partition coefficient (Wildman–Crippen LogP) is 1.26. The molecular weight excluding hydrogens is 348 g/mol. The van der Waals surface area contributed by atoms with Crippen molar-refractivity contribution in [1.82, 2.24) is 0 Å². The summed E-state index contributed by atoms with van der Waals surface area (Å²) in [5.41, 5.74) is 1.21. The van der Waals surface area contributed by atoms with Gasteiger partial charge in [-0.25, -0.2) is 4.79 Å². The van der Waals surface area contributed by atoms with E-state index < -0.39 is 24.3 Å². The number of hydrogen-bond donors (Lipinski definition) is 1. The summed E-state index contributed by atoms with van der Waals surface area (Å²) in [7, 11) is 0. The van der Waals surface area contributed by atoms with Gasteiger partial charge in [0.2, 0.25) is 0 Å². The van der Waals surface area contributed by atoms with Crippen LogP contribution in [0.5, 0.6) is 5.75 Å². The average molecular weight is 370 g/mol. The van der Waals surface area contributed by atoms with Crippen molar-refractivity contribution in [3.05, 3.63) is 29.8 Å². The molecule has 6 fully saturated rings. The Morgan fingerprint density at radius 2 is 1.78 bits per heavy atom. The minimum atomic E-state index is -0.646. The maximum Gasteiger partial charge on any atom is 0.338 e. The lowest BCUT2D eigenvalue weighted by Gasteiger charge is -2.19. The molecule has 1 N–H and O–H groups in total. The van der Waals surface area contributed by atoms with Crippen LogP contribution in [0.3, 0.4) is 0 Å². The number of hydrogen-bond acceptors (Lipinski definition) is 6. The molecule has 0 amide bonds. The fraction of sp³-hybridized carbons (Fsp3) is 0.667. The first kappa shape index (κ1) is 15.3. The van der Waals surface area contributed by atoms with Crippen LogP contribution >= 0.6 is 0 Å². The molecule has 4 unspecified atom stereocenters. The lowest BCUT2D eigenvalue weighted by atomic mass is 9.93. The standard InChI is InChI=1S/C21H22O6/c1-8-13-14(8)21(13)15-16(21)19(15)26-10-4-2-9(3-5-10)20(23)27-12-7-25-17-11(22)6-24-18(12)17/h2-5,8,11-19,22H,6-7H2,1H3/t8?,11-,12+,13?,14?,15?,16?,17+,18+,19?,21?/m0/s1. The van der Waals surface area contributed by atoms with Crippen molar-refractivity contribution in [3.63, 3.8) is 0 Å². The molecule has 6 heteroatoms. The molecule has 0 radical (unpaired) electrons. The Balaban J connectivity index is 0.955. The van der Waals surface area contributed by atoms with Gasteiger partial charge in [0.15, 0.2) is 6.10 Å². The second-order valence-corrected chi connectivity index (χ2v) is 9.18. The van der Waals surface area contributed by atoms with E-state index in [0.717, 1.165) is 40.8 Å². The Morgan fingerprint density at radius 1 is 1.07 bits per heavy atom. The van der Waals surface area contributed by atoms with Crippen molar-refractivity contribution in [3.8, 4) is 5.75 Å². The number of aliphatic hydroxyl groups excluding tert-OH is 1. The number of carbonyl (C=O) groups is 1. The van der Waals surface area contributed by atoms with E-state index in [1.165, 1.54) is 0 Å². The molecule has 1 aromatic carbocycles. The van der Waals surface area contributed by atoms with E-state index in [1.807, 2.05) is 12.1 Å². The number of esters is 1. The van der Waals surface area contributed by atoms with Gasteiger partial charge in [-0.05, 0) is 47.4 Å². The van der Waals surface area contributed by atoms with Gasteiger partial charge in [0, 0.05) is 11.8 Å². The molecule has 6 nitrogen and oxygen atoms in total. The van der Waals surface area contributed by atoms with Crippen LogP contribution in [0.1, 0.15) is 17.3 Å². The molecular formula is C21H22O6. The minimum Gasteiger partial charge on any atom is -0.490 e. The van der Waals surface area contributed by atoms with Gasteiger partial charge in [0.1, 0.15) is 30.2 Å². The molecule has 0 aromatic heterocycles. The fourth-order valence-electron chi connectivity index (χ4n) is 6.57. The third-order valence-corrected chi connectivity index (χ3v) is 8.03. The first-order valence-electron chi connectivity index (χ1n) is 10.0. The van der Waals surface area contributed by atoms with Gasteiger partial charge < -0.3 is 24.1 Å². The van der Waals surface area contributed by atoms with Crippen LogP contribution in [-0.2, 0) is 14.2 Å². The van der Waals surface area contributed by atoms with Crippen LogP contribution in [0.4, 0.5) is 0 Å². The number of ether oxygens (including phenoxy) is 4. The van der Waals surface area contributed by atoms with E-state index in [0.29, 0.717) is 11.7 Å². The van der Waals surface area contributed by atoms with Crippen molar-refractivity contribution in [2.75, 3.05) is 13.2 Å². The van der Waals surface area contributed by atoms with E-state index in [2.05, 4.69) is 6.92 Å². The van der Waals surface area contributed by atoms with Crippen LogP contribution < -0.4 is 4.74 Å². The van der Waals surface area contributed by atoms with E-state index in [4.69, 9.17) is 18.9 Å². The van der Waals surface area contributed by atoms with Crippen molar-refractivity contribution in [2.45, 2.75) is 37.4 Å². The van der Waals surface area contributed by atoms with Crippen LogP contribution in [0.2, 0.25) is 0 Å². The van der Waals surface area contributed by atoms with Gasteiger partial charge in [-0.3, -0.25) is 0 Å². The summed E-state index contributed by atoms with van der Waals surface area (Å²) in [6.07, 6.45) is -1.49. The second kappa shape index (κ2) is 4.67. The molecule has 4 saturated carbocycles. The number of benzene rings is 1. The predicted molar refractivity (Wildman–Crippen MR) is 91.1 cm³/mol. The van der Waals surface area contributed by atoms with E-state index in [9.17, 15) is 9.90 Å². The molecule has 8 atom stereocenters. The highest BCUT2D eigenvalue weighted by Gasteiger charge is 3.05. The van der Waals surface area contributed by atoms with Crippen LogP contribution in [0, 0.1) is 35.0 Å². The zero-order chi connectivity index (χ0) is 18.1. The zero-order valence-corrected chi connectivity index (χ0v) is 15.0. The molecule has 27 heavy (non-hydrogen) atoms. The van der Waals surface area contributed by atoms with Gasteiger partial charge in [0.05, 0.1) is 18.8 Å². The van der Waals surface area contributed by atoms with Gasteiger partial charge in [-0.1, -0.05) is 6.92 Å². The first-order valence-corrected chi connectivity index (χ1v) is 10.0. The van der Waals surface area contributed by atoms with Gasteiger partial charge in [-0.2, -0.15) is 0 Å². The maximum atomic E-state index is 12.4. The molecule has 2 aliphatic heterocycles. The van der Waals surface area contributed by atoms with E-state index in [-0.39, 0.29) is 19.3 Å². The molecule has 6 aliphatic rings. The summed E-state index contributed by atoms with van der Waals surface area (Å²) in [6.45, 7) is 2.84. The van der Waals surface area contributed by atoms with Crippen molar-refractivity contribution >= 4 is 5.97 Å². The zero-order valence-electron chi connectivity index (χ0n) is 15.0. The topological polar surface area (TPSA) is 74.2 Å². The molecule has 4 aliphatic carbocycles. The highest BCUT2D eigenvalue weighted by atomic mass is 16.6. The van der Waals surface area contributed by atoms with Crippen LogP contribution in [0.25, 0.3) is 0 Å². The Morgan fingerprint density at radius 3 is 2.48 bits per heavy atom. The molecule has 2 heterocycles. The van der Waals surface area contributed by atoms with Crippen LogP contribution in [0.15, 0.2) is 24.3 Å². The van der Waals surface area contributed by atoms with Crippen molar-refractivity contribution < 1.29 is 28.8 Å². The molecule has 2 saturated heterocycles. The average Bonchev–Trinajstić information content (AvgIpc) is 3.62. The Hall–Kier alpha value is -1.63. The van der Waals surface area contributed by atoms with Gasteiger partial charge >= 0.3 is 5.97 Å². The third-order valence-electron chi connectivity index (χ3n) is 8.03. The number of fused-ring (bicyclic) bond motifs is 7. The number of carbonyl (C=O) groups excluding carboxylic acids is 1. The molecule has 7 rings (SSSR count). The Labute approximate surface area is 156 Å². The van der Waals surface area contributed by atoms with Gasteiger partial charge in [-0.15, -0.1) is 0 Å². The van der Waals surface area contributed by atoms with Crippen LogP contribution in [-0.4, -0.2) is 54.8 Å². The largest absolute Gasteiger partial charge is 0.490 e. The summed E-state index contributed by atoms with van der Waals surface area (Å²) in [5.74, 6) is 5.06. The molecule has 142 valence electrons.